The van der Waals surface area contributed by atoms with E-state index in [1.165, 1.54) is 34.4 Å². The van der Waals surface area contributed by atoms with Crippen LogP contribution in [0.4, 0.5) is 18.9 Å². The van der Waals surface area contributed by atoms with Crippen LogP contribution >= 0.6 is 0 Å². The number of aromatic nitrogens is 2. The minimum atomic E-state index is -4.60. The molecule has 0 atom stereocenters. The van der Waals surface area contributed by atoms with E-state index in [0.29, 0.717) is 33.5 Å². The quantitative estimate of drug-likeness (QED) is 0.135. The summed E-state index contributed by atoms with van der Waals surface area (Å²) in [5, 5.41) is 4.09. The first-order valence-electron chi connectivity index (χ1n) is 26.6. The van der Waals surface area contributed by atoms with Gasteiger partial charge >= 0.3 is 6.18 Å². The van der Waals surface area contributed by atoms with Crippen LogP contribution in [-0.2, 0) is 6.18 Å². The number of hydrogen-bond acceptors (Lipinski definition) is 0. The standard InChI is InChI=1S/C73H52F3N3/c1-44-13-21-49(22-14-44)53-29-33-65-60(40-53)61-41-54(50-23-15-45(2)16-24-50)30-34-66(61)78(65)69-11-7-9-59(57-37-48(5)38-58(39-57)73(74,75)76)71(69)72-64(77-6)10-8-12-70(72)79-67-35-31-55(51-25-17-46(3)18-26-51)42-62(67)63-43-56(32-36-68(63)79)52-27-19-47(4)20-28-52/h7-43H,1-5H3. The first-order chi connectivity index (χ1) is 38.3. The predicted octanol–water partition coefficient (Wildman–Crippen LogP) is 21.0. The monoisotopic (exact) mass is 1030 g/mol. The lowest BCUT2D eigenvalue weighted by molar-refractivity contribution is -0.137. The lowest BCUT2D eigenvalue weighted by Gasteiger charge is -2.23. The zero-order valence-corrected chi connectivity index (χ0v) is 44.3. The molecule has 0 bridgehead atoms. The molecule has 6 heteroatoms. The van der Waals surface area contributed by atoms with E-state index in [2.05, 4.69) is 224 Å². The van der Waals surface area contributed by atoms with Crippen LogP contribution in [0.1, 0.15) is 33.4 Å². The molecular formula is C73H52F3N3. The van der Waals surface area contributed by atoms with E-state index < -0.39 is 11.7 Å². The van der Waals surface area contributed by atoms with Gasteiger partial charge in [-0.25, -0.2) is 4.85 Å². The molecule has 0 radical (unpaired) electrons. The largest absolute Gasteiger partial charge is 0.416 e. The van der Waals surface area contributed by atoms with Crippen LogP contribution in [0.2, 0.25) is 0 Å². The van der Waals surface area contributed by atoms with E-state index in [4.69, 9.17) is 6.57 Å². The SMILES string of the molecule is [C-]#[N+]c1cccc(-n2c3ccc(-c4ccc(C)cc4)cc3c3cc(-c4ccc(C)cc4)ccc32)c1-c1c(-c2cc(C)cc(C(F)(F)F)c2)cccc1-n1c2ccc(-c3ccc(C)cc3)cc2c2cc(-c3ccc(C)cc3)ccc21. The van der Waals surface area contributed by atoms with Crippen LogP contribution in [0.25, 0.3) is 127 Å². The molecule has 0 aliphatic carbocycles. The van der Waals surface area contributed by atoms with Gasteiger partial charge in [-0.2, -0.15) is 13.2 Å². The highest BCUT2D eigenvalue weighted by molar-refractivity contribution is 6.15. The van der Waals surface area contributed by atoms with Crippen molar-refractivity contribution >= 4 is 49.3 Å². The molecule has 3 nitrogen and oxygen atoms in total. The maximum atomic E-state index is 15.0. The van der Waals surface area contributed by atoms with Gasteiger partial charge in [-0.05, 0) is 169 Å². The number of hydrogen-bond donors (Lipinski definition) is 0. The average molecular weight is 1030 g/mol. The summed E-state index contributed by atoms with van der Waals surface area (Å²) in [7, 11) is 0. The minimum absolute atomic E-state index is 0.363. The fourth-order valence-corrected chi connectivity index (χ4v) is 11.7. The molecule has 0 fully saturated rings. The van der Waals surface area contributed by atoms with Crippen molar-refractivity contribution in [2.45, 2.75) is 40.8 Å². The third kappa shape index (κ3) is 8.65. The van der Waals surface area contributed by atoms with Crippen LogP contribution in [0.3, 0.4) is 0 Å². The van der Waals surface area contributed by atoms with Crippen molar-refractivity contribution in [3.8, 4) is 78.1 Å². The van der Waals surface area contributed by atoms with Crippen molar-refractivity contribution in [3.05, 3.63) is 269 Å². The van der Waals surface area contributed by atoms with Gasteiger partial charge in [0.15, 0.2) is 5.69 Å². The Morgan fingerprint density at radius 3 is 1.03 bits per heavy atom. The van der Waals surface area contributed by atoms with E-state index in [1.807, 2.05) is 30.3 Å². The van der Waals surface area contributed by atoms with Crippen molar-refractivity contribution in [1.29, 1.82) is 0 Å². The summed E-state index contributed by atoms with van der Waals surface area (Å²) < 4.78 is 49.5. The second kappa shape index (κ2) is 19.1. The smallest absolute Gasteiger partial charge is 0.310 e. The summed E-state index contributed by atoms with van der Waals surface area (Å²) >= 11 is 0. The van der Waals surface area contributed by atoms with Crippen molar-refractivity contribution in [2.75, 3.05) is 0 Å². The van der Waals surface area contributed by atoms with E-state index in [-0.39, 0.29) is 0 Å². The maximum absolute atomic E-state index is 15.0. The van der Waals surface area contributed by atoms with Gasteiger partial charge in [0.05, 0.1) is 39.9 Å². The highest BCUT2D eigenvalue weighted by Crippen LogP contribution is 2.50. The number of rotatable bonds is 8. The molecule has 0 aliphatic rings. The third-order valence-corrected chi connectivity index (χ3v) is 15.7. The second-order valence-corrected chi connectivity index (χ2v) is 21.1. The molecule has 380 valence electrons. The third-order valence-electron chi connectivity index (χ3n) is 15.7. The summed E-state index contributed by atoms with van der Waals surface area (Å²) in [6, 6.07) is 76.5. The maximum Gasteiger partial charge on any atom is 0.416 e. The molecule has 0 amide bonds. The zero-order chi connectivity index (χ0) is 54.3. The molecule has 0 unspecified atom stereocenters. The normalized spacial score (nSPS) is 11.8. The van der Waals surface area contributed by atoms with Gasteiger partial charge in [0.1, 0.15) is 0 Å². The Bertz CT molecular complexity index is 4400. The summed E-state index contributed by atoms with van der Waals surface area (Å²) in [5.74, 6) is 0. The summed E-state index contributed by atoms with van der Waals surface area (Å²) in [6.07, 6.45) is -4.60. The topological polar surface area (TPSA) is 14.2 Å². The molecule has 0 saturated heterocycles. The fraction of sp³-hybridized carbons (Fsp3) is 0.0822. The van der Waals surface area contributed by atoms with Crippen molar-refractivity contribution in [1.82, 2.24) is 9.13 Å². The lowest BCUT2D eigenvalue weighted by Crippen LogP contribution is -2.06. The minimum Gasteiger partial charge on any atom is -0.310 e. The summed E-state index contributed by atoms with van der Waals surface area (Å²) in [5.41, 5.74) is 20.7. The van der Waals surface area contributed by atoms with Gasteiger partial charge in [-0.15, -0.1) is 0 Å². The van der Waals surface area contributed by atoms with Crippen LogP contribution in [0, 0.1) is 41.2 Å². The van der Waals surface area contributed by atoms with Crippen molar-refractivity contribution < 1.29 is 13.2 Å². The number of halogens is 3. The molecule has 0 aliphatic heterocycles. The van der Waals surface area contributed by atoms with Gasteiger partial charge in [0, 0.05) is 38.4 Å². The number of fused-ring (bicyclic) bond motifs is 6. The Morgan fingerprint density at radius 2 is 0.671 bits per heavy atom. The van der Waals surface area contributed by atoms with Crippen molar-refractivity contribution in [3.63, 3.8) is 0 Å². The number of benzene rings is 11. The number of aryl methyl sites for hydroxylation is 5. The summed E-state index contributed by atoms with van der Waals surface area (Å²) in [6.45, 7) is 19.0. The Balaban J connectivity index is 1.15. The number of alkyl halides is 3. The van der Waals surface area contributed by atoms with E-state index in [0.717, 1.165) is 99.5 Å². The second-order valence-electron chi connectivity index (χ2n) is 21.1. The van der Waals surface area contributed by atoms with Gasteiger partial charge in [0.25, 0.3) is 0 Å². The fourth-order valence-electron chi connectivity index (χ4n) is 11.7. The van der Waals surface area contributed by atoms with E-state index in [9.17, 15) is 0 Å². The zero-order valence-electron chi connectivity index (χ0n) is 44.3. The van der Waals surface area contributed by atoms with Crippen LogP contribution < -0.4 is 0 Å². The lowest BCUT2D eigenvalue weighted by atomic mass is 9.89. The first-order valence-corrected chi connectivity index (χ1v) is 26.6. The van der Waals surface area contributed by atoms with E-state index in [1.54, 1.807) is 6.92 Å². The van der Waals surface area contributed by atoms with Crippen LogP contribution in [0.15, 0.2) is 224 Å². The highest BCUT2D eigenvalue weighted by atomic mass is 19.4. The van der Waals surface area contributed by atoms with Gasteiger partial charge < -0.3 is 9.13 Å². The molecule has 0 saturated carbocycles. The summed E-state index contributed by atoms with van der Waals surface area (Å²) in [4.78, 5) is 4.31. The molecule has 2 heterocycles. The Labute approximate surface area is 457 Å². The molecule has 13 rings (SSSR count). The van der Waals surface area contributed by atoms with Gasteiger partial charge in [-0.1, -0.05) is 174 Å². The van der Waals surface area contributed by atoms with Gasteiger partial charge in [-0.3, -0.25) is 0 Å². The molecule has 0 N–H and O–H groups in total. The Morgan fingerprint density at radius 1 is 0.329 bits per heavy atom. The number of nitrogens with zero attached hydrogens (tertiary/aromatic N) is 3. The van der Waals surface area contributed by atoms with E-state index >= 15 is 13.2 Å². The molecule has 11 aromatic carbocycles. The molecule has 0 spiro atoms. The molecule has 79 heavy (non-hydrogen) atoms. The van der Waals surface area contributed by atoms with Crippen LogP contribution in [-0.4, -0.2) is 9.13 Å². The molecule has 2 aromatic heterocycles. The molecule has 13 aromatic rings. The molecular weight excluding hydrogens is 976 g/mol. The Kier molecular flexibility index (Phi) is 11.8. The predicted molar refractivity (Wildman–Crippen MR) is 323 cm³/mol. The van der Waals surface area contributed by atoms with Crippen LogP contribution in [0.5, 0.6) is 0 Å². The van der Waals surface area contributed by atoms with Gasteiger partial charge in [0.2, 0.25) is 0 Å². The highest BCUT2D eigenvalue weighted by Gasteiger charge is 2.32. The Hall–Kier alpha value is -9.70. The van der Waals surface area contributed by atoms with Crippen molar-refractivity contribution in [2.24, 2.45) is 0 Å². The first kappa shape index (κ1) is 48.9. The average Bonchev–Trinajstić information content (AvgIpc) is 4.20.